The summed E-state index contributed by atoms with van der Waals surface area (Å²) in [5, 5.41) is 24.7. The second-order valence-electron chi connectivity index (χ2n) is 3.26. The Balaban J connectivity index is 1.88. The van der Waals surface area contributed by atoms with E-state index in [1.54, 1.807) is 4.68 Å². The molecule has 0 aliphatic heterocycles. The molecular weight excluding hydrogens is 196 g/mol. The van der Waals surface area contributed by atoms with Crippen LogP contribution in [-0.2, 0) is 13.6 Å². The fourth-order valence-electron chi connectivity index (χ4n) is 1.18. The van der Waals surface area contributed by atoms with E-state index in [0.717, 1.165) is 5.69 Å². The lowest BCUT2D eigenvalue weighted by molar-refractivity contribution is 0.540. The van der Waals surface area contributed by atoms with Gasteiger partial charge < -0.3 is 5.32 Å². The van der Waals surface area contributed by atoms with Crippen LogP contribution in [0.25, 0.3) is 0 Å². The van der Waals surface area contributed by atoms with Gasteiger partial charge in [0.25, 0.3) is 0 Å². The maximum atomic E-state index is 3.96. The zero-order chi connectivity index (χ0) is 10.7. The molecule has 2 aromatic heterocycles. The molecule has 15 heavy (non-hydrogen) atoms. The molecule has 1 atom stereocenters. The molecule has 8 nitrogen and oxygen atoms in total. The number of nitrogens with one attached hydrogen (secondary N) is 2. The molecule has 0 saturated carbocycles. The Labute approximate surface area is 86.1 Å². The molecule has 2 heterocycles. The monoisotopic (exact) mass is 208 g/mol. The van der Waals surface area contributed by atoms with E-state index in [1.807, 2.05) is 20.2 Å². The molecular formula is C7H12N8. The van der Waals surface area contributed by atoms with Crippen molar-refractivity contribution in [2.24, 2.45) is 7.05 Å². The fraction of sp³-hybridized carbons (Fsp3) is 0.571. The zero-order valence-corrected chi connectivity index (χ0v) is 8.55. The number of tetrazole rings is 1. The van der Waals surface area contributed by atoms with Gasteiger partial charge in [-0.05, 0) is 6.92 Å². The Kier molecular flexibility index (Phi) is 2.68. The van der Waals surface area contributed by atoms with E-state index in [4.69, 9.17) is 0 Å². The van der Waals surface area contributed by atoms with Crippen molar-refractivity contribution in [3.63, 3.8) is 0 Å². The number of aromatic amines is 1. The van der Waals surface area contributed by atoms with Crippen LogP contribution in [0.5, 0.6) is 0 Å². The predicted octanol–water partition coefficient (Wildman–Crippen LogP) is -0.821. The topological polar surface area (TPSA) is 97.2 Å². The van der Waals surface area contributed by atoms with Crippen LogP contribution in [0.2, 0.25) is 0 Å². The Morgan fingerprint density at radius 3 is 3.00 bits per heavy atom. The van der Waals surface area contributed by atoms with E-state index in [1.165, 1.54) is 0 Å². The van der Waals surface area contributed by atoms with Crippen molar-refractivity contribution < 1.29 is 0 Å². The van der Waals surface area contributed by atoms with Crippen molar-refractivity contribution in [2.75, 3.05) is 0 Å². The molecule has 0 saturated heterocycles. The zero-order valence-electron chi connectivity index (χ0n) is 8.55. The lowest BCUT2D eigenvalue weighted by Gasteiger charge is -2.06. The van der Waals surface area contributed by atoms with E-state index < -0.39 is 0 Å². The Hall–Kier alpha value is -1.83. The maximum absolute atomic E-state index is 3.96. The summed E-state index contributed by atoms with van der Waals surface area (Å²) in [4.78, 5) is 0. The molecule has 0 amide bonds. The fourth-order valence-corrected chi connectivity index (χ4v) is 1.18. The van der Waals surface area contributed by atoms with E-state index in [2.05, 4.69) is 36.3 Å². The highest BCUT2D eigenvalue weighted by atomic mass is 15.5. The number of nitrogens with zero attached hydrogens (tertiary/aromatic N) is 6. The number of hydrogen-bond acceptors (Lipinski definition) is 6. The van der Waals surface area contributed by atoms with E-state index >= 15 is 0 Å². The van der Waals surface area contributed by atoms with Crippen molar-refractivity contribution in [3.05, 3.63) is 17.7 Å². The quantitative estimate of drug-likeness (QED) is 0.681. The highest BCUT2D eigenvalue weighted by molar-refractivity contribution is 4.93. The van der Waals surface area contributed by atoms with Gasteiger partial charge in [0.05, 0.1) is 11.7 Å². The first kappa shape index (κ1) is 9.71. The lowest BCUT2D eigenvalue weighted by Crippen LogP contribution is -2.19. The van der Waals surface area contributed by atoms with Crippen LogP contribution in [0.15, 0.2) is 6.20 Å². The van der Waals surface area contributed by atoms with Crippen molar-refractivity contribution in [1.82, 2.24) is 40.9 Å². The predicted molar refractivity (Wildman–Crippen MR) is 50.4 cm³/mol. The summed E-state index contributed by atoms with van der Waals surface area (Å²) in [6.07, 6.45) is 1.86. The highest BCUT2D eigenvalue weighted by Gasteiger charge is 2.09. The highest BCUT2D eigenvalue weighted by Crippen LogP contribution is 2.04. The maximum Gasteiger partial charge on any atom is 0.191 e. The largest absolute Gasteiger partial charge is 0.302 e. The third-order valence-electron chi connectivity index (χ3n) is 1.99. The van der Waals surface area contributed by atoms with Gasteiger partial charge in [0.2, 0.25) is 0 Å². The van der Waals surface area contributed by atoms with E-state index in [-0.39, 0.29) is 6.04 Å². The normalized spacial score (nSPS) is 12.9. The molecule has 0 aromatic carbocycles. The second kappa shape index (κ2) is 4.13. The van der Waals surface area contributed by atoms with Gasteiger partial charge in [-0.15, -0.1) is 15.3 Å². The number of aromatic nitrogens is 7. The first-order chi connectivity index (χ1) is 7.25. The average Bonchev–Trinajstić information content (AvgIpc) is 2.84. The number of aryl methyl sites for hydroxylation is 1. The van der Waals surface area contributed by atoms with Gasteiger partial charge in [0.1, 0.15) is 0 Å². The number of rotatable bonds is 4. The minimum atomic E-state index is 0.0331. The van der Waals surface area contributed by atoms with Gasteiger partial charge in [-0.1, -0.05) is 10.4 Å². The van der Waals surface area contributed by atoms with E-state index in [9.17, 15) is 0 Å². The molecule has 2 rings (SSSR count). The van der Waals surface area contributed by atoms with Crippen LogP contribution in [0.3, 0.4) is 0 Å². The van der Waals surface area contributed by atoms with Crippen LogP contribution in [0, 0.1) is 0 Å². The lowest BCUT2D eigenvalue weighted by atomic mass is 10.3. The average molecular weight is 208 g/mol. The van der Waals surface area contributed by atoms with Crippen LogP contribution < -0.4 is 5.32 Å². The summed E-state index contributed by atoms with van der Waals surface area (Å²) in [5.41, 5.74) is 0.882. The Morgan fingerprint density at radius 2 is 2.40 bits per heavy atom. The molecule has 0 fully saturated rings. The first-order valence-electron chi connectivity index (χ1n) is 4.57. The summed E-state index contributed by atoms with van der Waals surface area (Å²) < 4.78 is 1.66. The van der Waals surface area contributed by atoms with Gasteiger partial charge in [-0.3, -0.25) is 4.68 Å². The summed E-state index contributed by atoms with van der Waals surface area (Å²) in [7, 11) is 1.83. The molecule has 0 spiro atoms. The van der Waals surface area contributed by atoms with Crippen molar-refractivity contribution in [3.8, 4) is 0 Å². The molecule has 0 aliphatic carbocycles. The molecule has 0 radical (unpaired) electrons. The Morgan fingerprint density at radius 1 is 1.53 bits per heavy atom. The van der Waals surface area contributed by atoms with Crippen LogP contribution in [0.4, 0.5) is 0 Å². The first-order valence-corrected chi connectivity index (χ1v) is 4.57. The molecule has 0 bridgehead atoms. The number of H-pyrrole nitrogens is 1. The SMILES string of the molecule is CC(NCc1cn(C)nn1)c1nn[nH]n1. The van der Waals surface area contributed by atoms with Gasteiger partial charge in [-0.25, -0.2) is 0 Å². The molecule has 2 aromatic rings. The summed E-state index contributed by atoms with van der Waals surface area (Å²) in [6.45, 7) is 2.59. The second-order valence-corrected chi connectivity index (χ2v) is 3.26. The van der Waals surface area contributed by atoms with Crippen LogP contribution in [0.1, 0.15) is 24.5 Å². The van der Waals surface area contributed by atoms with Crippen molar-refractivity contribution in [1.29, 1.82) is 0 Å². The van der Waals surface area contributed by atoms with E-state index in [0.29, 0.717) is 12.4 Å². The molecule has 0 aliphatic rings. The van der Waals surface area contributed by atoms with Gasteiger partial charge in [0.15, 0.2) is 5.82 Å². The smallest absolute Gasteiger partial charge is 0.191 e. The third kappa shape index (κ3) is 2.34. The summed E-state index contributed by atoms with van der Waals surface area (Å²) in [5.74, 6) is 0.638. The number of hydrogen-bond donors (Lipinski definition) is 2. The van der Waals surface area contributed by atoms with Crippen molar-refractivity contribution >= 4 is 0 Å². The molecule has 1 unspecified atom stereocenters. The summed E-state index contributed by atoms with van der Waals surface area (Å²) >= 11 is 0. The van der Waals surface area contributed by atoms with Gasteiger partial charge in [0, 0.05) is 19.8 Å². The van der Waals surface area contributed by atoms with Crippen LogP contribution >= 0.6 is 0 Å². The standard InChI is InChI=1S/C7H12N8/c1-5(7-10-12-13-11-7)8-3-6-4-15(2)14-9-6/h4-5,8H,3H2,1-2H3,(H,10,11,12,13). The van der Waals surface area contributed by atoms with Crippen molar-refractivity contribution in [2.45, 2.75) is 19.5 Å². The third-order valence-corrected chi connectivity index (χ3v) is 1.99. The van der Waals surface area contributed by atoms with Crippen LogP contribution in [-0.4, -0.2) is 35.6 Å². The Bertz CT molecular complexity index is 404. The van der Waals surface area contributed by atoms with Gasteiger partial charge >= 0.3 is 0 Å². The summed E-state index contributed by atoms with van der Waals surface area (Å²) in [6, 6.07) is 0.0331. The van der Waals surface area contributed by atoms with Gasteiger partial charge in [-0.2, -0.15) is 5.21 Å². The minimum absolute atomic E-state index is 0.0331. The molecule has 2 N–H and O–H groups in total. The molecule has 80 valence electrons. The minimum Gasteiger partial charge on any atom is -0.302 e. The molecule has 8 heteroatoms.